The molecular formula is C11H14O. The molecule has 1 fully saturated rings. The van der Waals surface area contributed by atoms with Crippen molar-refractivity contribution in [1.29, 1.82) is 0 Å². The third-order valence-corrected chi connectivity index (χ3v) is 2.25. The smallest absolute Gasteiger partial charge is 0.140 e. The van der Waals surface area contributed by atoms with E-state index >= 15 is 0 Å². The predicted molar refractivity (Wildman–Crippen MR) is 50.8 cm³/mol. The molecule has 0 aliphatic heterocycles. The summed E-state index contributed by atoms with van der Waals surface area (Å²) in [5.74, 6) is 0.448. The van der Waals surface area contributed by atoms with Gasteiger partial charge in [0, 0.05) is 12.3 Å². The van der Waals surface area contributed by atoms with Crippen LogP contribution in [0.15, 0.2) is 37.0 Å². The standard InChI is InChI=1S/C11H14O/c1-3-6-9(4-2)10-7-5-8-11(10)12/h3-4,6,10H,1-2,5,7-8H2/b9-6+. The van der Waals surface area contributed by atoms with Gasteiger partial charge in [0.15, 0.2) is 0 Å². The molecule has 0 amide bonds. The Labute approximate surface area is 73.5 Å². The van der Waals surface area contributed by atoms with E-state index < -0.39 is 0 Å². The van der Waals surface area contributed by atoms with E-state index in [9.17, 15) is 4.79 Å². The average Bonchev–Trinajstić information content (AvgIpc) is 2.47. The van der Waals surface area contributed by atoms with E-state index in [2.05, 4.69) is 13.2 Å². The summed E-state index contributed by atoms with van der Waals surface area (Å²) in [6.45, 7) is 7.30. The fourth-order valence-electron chi connectivity index (χ4n) is 1.63. The number of allylic oxidation sites excluding steroid dienone is 4. The van der Waals surface area contributed by atoms with Crippen LogP contribution < -0.4 is 0 Å². The van der Waals surface area contributed by atoms with E-state index in [1.807, 2.05) is 6.08 Å². The van der Waals surface area contributed by atoms with Crippen molar-refractivity contribution in [3.8, 4) is 0 Å². The van der Waals surface area contributed by atoms with Gasteiger partial charge in [-0.05, 0) is 18.4 Å². The van der Waals surface area contributed by atoms with Gasteiger partial charge in [0.2, 0.25) is 0 Å². The van der Waals surface area contributed by atoms with Crippen molar-refractivity contribution in [1.82, 2.24) is 0 Å². The molecular weight excluding hydrogens is 148 g/mol. The molecule has 1 unspecified atom stereocenters. The van der Waals surface area contributed by atoms with Crippen molar-refractivity contribution >= 4 is 5.78 Å². The van der Waals surface area contributed by atoms with Gasteiger partial charge in [-0.3, -0.25) is 4.79 Å². The third-order valence-electron chi connectivity index (χ3n) is 2.25. The van der Waals surface area contributed by atoms with E-state index in [0.717, 1.165) is 24.8 Å². The molecule has 0 heterocycles. The molecule has 1 atom stereocenters. The Kier molecular flexibility index (Phi) is 3.03. The first kappa shape index (κ1) is 8.98. The van der Waals surface area contributed by atoms with Crippen LogP contribution in [0, 0.1) is 5.92 Å². The maximum Gasteiger partial charge on any atom is 0.140 e. The van der Waals surface area contributed by atoms with E-state index in [0.29, 0.717) is 5.78 Å². The molecule has 0 aromatic rings. The summed E-state index contributed by atoms with van der Waals surface area (Å²) in [5, 5.41) is 0. The molecule has 1 heteroatoms. The molecule has 0 bridgehead atoms. The Hall–Kier alpha value is -1.11. The van der Waals surface area contributed by atoms with Crippen LogP contribution in [0.2, 0.25) is 0 Å². The van der Waals surface area contributed by atoms with Gasteiger partial charge >= 0.3 is 0 Å². The van der Waals surface area contributed by atoms with Crippen molar-refractivity contribution in [2.75, 3.05) is 0 Å². The fourth-order valence-corrected chi connectivity index (χ4v) is 1.63. The molecule has 1 aliphatic rings. The minimum Gasteiger partial charge on any atom is -0.299 e. The normalized spacial score (nSPS) is 24.2. The van der Waals surface area contributed by atoms with E-state index in [1.54, 1.807) is 12.2 Å². The monoisotopic (exact) mass is 162 g/mol. The zero-order valence-electron chi connectivity index (χ0n) is 7.25. The Bertz CT molecular complexity index is 235. The number of rotatable bonds is 3. The van der Waals surface area contributed by atoms with Gasteiger partial charge in [0.05, 0.1) is 0 Å². The topological polar surface area (TPSA) is 17.1 Å². The number of Topliss-reactive ketones (excluding diaryl/α,β-unsaturated/α-hetero) is 1. The number of hydrogen-bond donors (Lipinski definition) is 0. The quantitative estimate of drug-likeness (QED) is 0.583. The Morgan fingerprint density at radius 3 is 2.67 bits per heavy atom. The van der Waals surface area contributed by atoms with Gasteiger partial charge in [0.1, 0.15) is 5.78 Å². The maximum absolute atomic E-state index is 11.3. The van der Waals surface area contributed by atoms with Gasteiger partial charge in [-0.1, -0.05) is 31.4 Å². The number of carbonyl (C=O) groups excluding carboxylic acids is 1. The van der Waals surface area contributed by atoms with Crippen LogP contribution >= 0.6 is 0 Å². The molecule has 0 aromatic heterocycles. The second-order valence-corrected chi connectivity index (χ2v) is 3.02. The number of ketones is 1. The van der Waals surface area contributed by atoms with E-state index in [4.69, 9.17) is 0 Å². The largest absolute Gasteiger partial charge is 0.299 e. The molecule has 0 N–H and O–H groups in total. The lowest BCUT2D eigenvalue weighted by Gasteiger charge is -2.07. The van der Waals surface area contributed by atoms with Crippen LogP contribution in [0.4, 0.5) is 0 Å². The highest BCUT2D eigenvalue weighted by atomic mass is 16.1. The fraction of sp³-hybridized carbons (Fsp3) is 0.364. The van der Waals surface area contributed by atoms with Gasteiger partial charge in [-0.25, -0.2) is 0 Å². The van der Waals surface area contributed by atoms with E-state index in [-0.39, 0.29) is 5.92 Å². The van der Waals surface area contributed by atoms with Crippen LogP contribution in [0.3, 0.4) is 0 Å². The highest BCUT2D eigenvalue weighted by Gasteiger charge is 2.25. The summed E-state index contributed by atoms with van der Waals surface area (Å²) in [5.41, 5.74) is 1.02. The summed E-state index contributed by atoms with van der Waals surface area (Å²) >= 11 is 0. The second kappa shape index (κ2) is 4.05. The molecule has 1 rings (SSSR count). The SMILES string of the molecule is C=C/C=C(\C=C)C1CCCC1=O. The average molecular weight is 162 g/mol. The first-order chi connectivity index (χ1) is 5.79. The van der Waals surface area contributed by atoms with E-state index in [1.165, 1.54) is 0 Å². The molecule has 1 aliphatic carbocycles. The minimum atomic E-state index is 0.0977. The summed E-state index contributed by atoms with van der Waals surface area (Å²) in [7, 11) is 0. The Morgan fingerprint density at radius 2 is 2.25 bits per heavy atom. The van der Waals surface area contributed by atoms with Gasteiger partial charge in [-0.2, -0.15) is 0 Å². The van der Waals surface area contributed by atoms with Crippen molar-refractivity contribution in [3.63, 3.8) is 0 Å². The molecule has 0 radical (unpaired) electrons. The number of carbonyl (C=O) groups is 1. The Balaban J connectivity index is 2.78. The van der Waals surface area contributed by atoms with Crippen molar-refractivity contribution in [3.05, 3.63) is 37.0 Å². The molecule has 1 saturated carbocycles. The zero-order valence-corrected chi connectivity index (χ0v) is 7.25. The van der Waals surface area contributed by atoms with Crippen LogP contribution in [-0.4, -0.2) is 5.78 Å². The second-order valence-electron chi connectivity index (χ2n) is 3.02. The lowest BCUT2D eigenvalue weighted by atomic mass is 9.96. The van der Waals surface area contributed by atoms with Crippen LogP contribution in [0.25, 0.3) is 0 Å². The molecule has 0 aromatic carbocycles. The first-order valence-corrected chi connectivity index (χ1v) is 4.27. The highest BCUT2D eigenvalue weighted by Crippen LogP contribution is 2.28. The maximum atomic E-state index is 11.3. The predicted octanol–water partition coefficient (Wildman–Crippen LogP) is 2.65. The molecule has 1 nitrogen and oxygen atoms in total. The first-order valence-electron chi connectivity index (χ1n) is 4.27. The summed E-state index contributed by atoms with van der Waals surface area (Å²) in [6, 6.07) is 0. The highest BCUT2D eigenvalue weighted by molar-refractivity contribution is 5.86. The van der Waals surface area contributed by atoms with Crippen molar-refractivity contribution in [2.24, 2.45) is 5.92 Å². The summed E-state index contributed by atoms with van der Waals surface area (Å²) < 4.78 is 0. The molecule has 0 saturated heterocycles. The zero-order chi connectivity index (χ0) is 8.97. The molecule has 64 valence electrons. The lowest BCUT2D eigenvalue weighted by molar-refractivity contribution is -0.119. The number of hydrogen-bond acceptors (Lipinski definition) is 1. The van der Waals surface area contributed by atoms with Crippen LogP contribution in [0.1, 0.15) is 19.3 Å². The van der Waals surface area contributed by atoms with Crippen LogP contribution in [0.5, 0.6) is 0 Å². The van der Waals surface area contributed by atoms with Crippen molar-refractivity contribution < 1.29 is 4.79 Å². The van der Waals surface area contributed by atoms with Gasteiger partial charge in [0.25, 0.3) is 0 Å². The van der Waals surface area contributed by atoms with Gasteiger partial charge < -0.3 is 0 Å². The Morgan fingerprint density at radius 1 is 1.50 bits per heavy atom. The summed E-state index contributed by atoms with van der Waals surface area (Å²) in [6.07, 6.45) is 8.07. The minimum absolute atomic E-state index is 0.0977. The molecule has 12 heavy (non-hydrogen) atoms. The summed E-state index contributed by atoms with van der Waals surface area (Å²) in [4.78, 5) is 11.3. The van der Waals surface area contributed by atoms with Crippen molar-refractivity contribution in [2.45, 2.75) is 19.3 Å². The van der Waals surface area contributed by atoms with Gasteiger partial charge in [-0.15, -0.1) is 0 Å². The third kappa shape index (κ3) is 1.73. The molecule has 0 spiro atoms. The lowest BCUT2D eigenvalue weighted by Crippen LogP contribution is -2.07. The van der Waals surface area contributed by atoms with Crippen LogP contribution in [-0.2, 0) is 4.79 Å².